The highest BCUT2D eigenvalue weighted by atomic mass is 35.5. The molecule has 1 amide bonds. The third kappa shape index (κ3) is 4.72. The predicted octanol–water partition coefficient (Wildman–Crippen LogP) is 2.37. The SMILES string of the molecule is O=C(COc1ccc(CO)cc1)N1CCC(S(=O)(=O)C2=CC=C(Cl)CC2)C1. The molecule has 27 heavy (non-hydrogen) atoms. The van der Waals surface area contributed by atoms with Crippen LogP contribution < -0.4 is 4.74 Å². The van der Waals surface area contributed by atoms with Crippen LogP contribution in [0.25, 0.3) is 0 Å². The van der Waals surface area contributed by atoms with Gasteiger partial charge in [0, 0.05) is 23.0 Å². The summed E-state index contributed by atoms with van der Waals surface area (Å²) in [6.07, 6.45) is 4.57. The molecular formula is C19H22ClNO5S. The first-order valence-electron chi connectivity index (χ1n) is 8.79. The van der Waals surface area contributed by atoms with Crippen LogP contribution >= 0.6 is 11.6 Å². The van der Waals surface area contributed by atoms with Gasteiger partial charge in [-0.05, 0) is 49.1 Å². The van der Waals surface area contributed by atoms with Gasteiger partial charge in [-0.3, -0.25) is 4.79 Å². The van der Waals surface area contributed by atoms with Crippen LogP contribution in [0, 0.1) is 0 Å². The number of benzene rings is 1. The van der Waals surface area contributed by atoms with E-state index in [-0.39, 0.29) is 25.7 Å². The second-order valence-electron chi connectivity index (χ2n) is 6.63. The van der Waals surface area contributed by atoms with E-state index in [1.165, 1.54) is 4.90 Å². The summed E-state index contributed by atoms with van der Waals surface area (Å²) in [4.78, 5) is 14.3. The molecule has 1 heterocycles. The van der Waals surface area contributed by atoms with Crippen molar-refractivity contribution in [1.82, 2.24) is 4.90 Å². The molecule has 8 heteroatoms. The van der Waals surface area contributed by atoms with Gasteiger partial charge in [0.1, 0.15) is 5.75 Å². The van der Waals surface area contributed by atoms with E-state index in [1.54, 1.807) is 36.4 Å². The number of carbonyl (C=O) groups is 1. The molecule has 1 aliphatic carbocycles. The Morgan fingerprint density at radius 2 is 1.96 bits per heavy atom. The molecule has 0 spiro atoms. The lowest BCUT2D eigenvalue weighted by molar-refractivity contribution is -0.132. The fraction of sp³-hybridized carbons (Fsp3) is 0.421. The number of hydrogen-bond donors (Lipinski definition) is 1. The lowest BCUT2D eigenvalue weighted by Gasteiger charge is -2.19. The highest BCUT2D eigenvalue weighted by Gasteiger charge is 2.37. The number of carbonyl (C=O) groups excluding carboxylic acids is 1. The van der Waals surface area contributed by atoms with E-state index < -0.39 is 15.1 Å². The molecule has 0 aromatic heterocycles. The first kappa shape index (κ1) is 19.9. The number of aliphatic hydroxyl groups is 1. The summed E-state index contributed by atoms with van der Waals surface area (Å²) in [5.74, 6) is 0.291. The molecule has 1 aromatic rings. The van der Waals surface area contributed by atoms with Crippen LogP contribution in [0.3, 0.4) is 0 Å². The molecule has 0 saturated carbocycles. The number of likely N-dealkylation sites (tertiary alicyclic amines) is 1. The third-order valence-corrected chi connectivity index (χ3v) is 7.48. The number of nitrogens with zero attached hydrogens (tertiary/aromatic N) is 1. The van der Waals surface area contributed by atoms with E-state index in [1.807, 2.05) is 0 Å². The first-order chi connectivity index (χ1) is 12.9. The zero-order valence-electron chi connectivity index (χ0n) is 14.8. The van der Waals surface area contributed by atoms with Crippen molar-refractivity contribution >= 4 is 27.3 Å². The number of ether oxygens (including phenoxy) is 1. The van der Waals surface area contributed by atoms with Crippen molar-refractivity contribution < 1.29 is 23.1 Å². The molecule has 1 saturated heterocycles. The molecular weight excluding hydrogens is 390 g/mol. The van der Waals surface area contributed by atoms with Crippen molar-refractivity contribution in [3.63, 3.8) is 0 Å². The van der Waals surface area contributed by atoms with Gasteiger partial charge in [-0.1, -0.05) is 23.7 Å². The smallest absolute Gasteiger partial charge is 0.260 e. The van der Waals surface area contributed by atoms with E-state index in [0.717, 1.165) is 5.56 Å². The van der Waals surface area contributed by atoms with Crippen molar-refractivity contribution in [2.45, 2.75) is 31.1 Å². The molecule has 3 rings (SSSR count). The number of amides is 1. The van der Waals surface area contributed by atoms with Gasteiger partial charge in [0.15, 0.2) is 16.4 Å². The first-order valence-corrected chi connectivity index (χ1v) is 10.7. The molecule has 1 aromatic carbocycles. The molecule has 1 aliphatic heterocycles. The predicted molar refractivity (Wildman–Crippen MR) is 103 cm³/mol. The van der Waals surface area contributed by atoms with Crippen LogP contribution in [0.1, 0.15) is 24.8 Å². The molecule has 0 radical (unpaired) electrons. The van der Waals surface area contributed by atoms with Crippen molar-refractivity contribution in [3.8, 4) is 5.75 Å². The molecule has 1 unspecified atom stereocenters. The van der Waals surface area contributed by atoms with Gasteiger partial charge >= 0.3 is 0 Å². The molecule has 146 valence electrons. The number of allylic oxidation sites excluding steroid dienone is 4. The minimum atomic E-state index is -3.43. The normalized spacial score (nSPS) is 20.2. The molecule has 1 N–H and O–H groups in total. The van der Waals surface area contributed by atoms with E-state index in [4.69, 9.17) is 21.4 Å². The van der Waals surface area contributed by atoms with Crippen molar-refractivity contribution in [3.05, 3.63) is 51.9 Å². The molecule has 6 nitrogen and oxygen atoms in total. The van der Waals surface area contributed by atoms with Crippen LogP contribution in [0.15, 0.2) is 46.4 Å². The zero-order chi connectivity index (χ0) is 19.4. The largest absolute Gasteiger partial charge is 0.484 e. The molecule has 2 aliphatic rings. The average Bonchev–Trinajstić information content (AvgIpc) is 3.18. The summed E-state index contributed by atoms with van der Waals surface area (Å²) in [5, 5.41) is 9.10. The minimum absolute atomic E-state index is 0.0543. The van der Waals surface area contributed by atoms with Gasteiger partial charge in [-0.25, -0.2) is 8.42 Å². The van der Waals surface area contributed by atoms with Crippen LogP contribution in [0.4, 0.5) is 0 Å². The fourth-order valence-electron chi connectivity index (χ4n) is 3.18. The van der Waals surface area contributed by atoms with Gasteiger partial charge in [-0.15, -0.1) is 0 Å². The summed E-state index contributed by atoms with van der Waals surface area (Å²) in [7, 11) is -3.43. The van der Waals surface area contributed by atoms with Gasteiger partial charge < -0.3 is 14.7 Å². The molecule has 0 bridgehead atoms. The van der Waals surface area contributed by atoms with Crippen LogP contribution in [-0.4, -0.2) is 49.3 Å². The van der Waals surface area contributed by atoms with Gasteiger partial charge in [-0.2, -0.15) is 0 Å². The Morgan fingerprint density at radius 1 is 1.22 bits per heavy atom. The van der Waals surface area contributed by atoms with Gasteiger partial charge in [0.05, 0.1) is 11.9 Å². The number of rotatable bonds is 6. The minimum Gasteiger partial charge on any atom is -0.484 e. The Kier molecular flexibility index (Phi) is 6.24. The standard InChI is InChI=1S/C19H22ClNO5S/c20-15-3-7-17(8-4-15)27(24,25)18-9-10-21(11-18)19(23)13-26-16-5-1-14(12-22)2-6-16/h1-3,5-7,18,22H,4,8-13H2. The Bertz CT molecular complexity index is 861. The van der Waals surface area contributed by atoms with E-state index >= 15 is 0 Å². The Hall–Kier alpha value is -1.83. The van der Waals surface area contributed by atoms with Crippen LogP contribution in [0.5, 0.6) is 5.75 Å². The number of halogens is 1. The second-order valence-corrected chi connectivity index (χ2v) is 9.40. The highest BCUT2D eigenvalue weighted by Crippen LogP contribution is 2.30. The maximum atomic E-state index is 12.8. The van der Waals surface area contributed by atoms with E-state index in [0.29, 0.717) is 41.5 Å². The zero-order valence-corrected chi connectivity index (χ0v) is 16.4. The second kappa shape index (κ2) is 8.46. The summed E-state index contributed by atoms with van der Waals surface area (Å²) < 4.78 is 31.0. The van der Waals surface area contributed by atoms with Gasteiger partial charge in [0.2, 0.25) is 0 Å². The average molecular weight is 412 g/mol. The Labute approximate surface area is 164 Å². The number of hydrogen-bond acceptors (Lipinski definition) is 5. The lowest BCUT2D eigenvalue weighted by Crippen LogP contribution is -2.35. The lowest BCUT2D eigenvalue weighted by atomic mass is 10.2. The quantitative estimate of drug-likeness (QED) is 0.776. The Balaban J connectivity index is 1.56. The van der Waals surface area contributed by atoms with E-state index in [9.17, 15) is 13.2 Å². The summed E-state index contributed by atoms with van der Waals surface area (Å²) >= 11 is 5.90. The Morgan fingerprint density at radius 3 is 2.59 bits per heavy atom. The van der Waals surface area contributed by atoms with Gasteiger partial charge in [0.25, 0.3) is 5.91 Å². The topological polar surface area (TPSA) is 83.9 Å². The van der Waals surface area contributed by atoms with E-state index in [2.05, 4.69) is 0 Å². The molecule has 1 fully saturated rings. The monoisotopic (exact) mass is 411 g/mol. The van der Waals surface area contributed by atoms with Crippen molar-refractivity contribution in [2.24, 2.45) is 0 Å². The third-order valence-electron chi connectivity index (χ3n) is 4.83. The number of sulfone groups is 1. The summed E-state index contributed by atoms with van der Waals surface area (Å²) in [6.45, 7) is 0.385. The van der Waals surface area contributed by atoms with Crippen molar-refractivity contribution in [2.75, 3.05) is 19.7 Å². The summed E-state index contributed by atoms with van der Waals surface area (Å²) in [5.41, 5.74) is 0.759. The number of aliphatic hydroxyl groups excluding tert-OH is 1. The van der Waals surface area contributed by atoms with Crippen LogP contribution in [-0.2, 0) is 21.2 Å². The van der Waals surface area contributed by atoms with Crippen molar-refractivity contribution in [1.29, 1.82) is 0 Å². The highest BCUT2D eigenvalue weighted by molar-refractivity contribution is 7.95. The summed E-state index contributed by atoms with van der Waals surface area (Å²) in [6, 6.07) is 6.81. The fourth-order valence-corrected chi connectivity index (χ4v) is 5.20. The molecule has 1 atom stereocenters. The maximum absolute atomic E-state index is 12.8. The maximum Gasteiger partial charge on any atom is 0.260 e. The van der Waals surface area contributed by atoms with Crippen LogP contribution in [0.2, 0.25) is 0 Å².